The van der Waals surface area contributed by atoms with E-state index < -0.39 is 11.6 Å². The average Bonchev–Trinajstić information content (AvgIpc) is 2.66. The van der Waals surface area contributed by atoms with Gasteiger partial charge >= 0.3 is 0 Å². The molecule has 0 N–H and O–H groups in total. The molecule has 0 radical (unpaired) electrons. The lowest BCUT2D eigenvalue weighted by Crippen LogP contribution is -2.38. The second-order valence-electron chi connectivity index (χ2n) is 7.70. The van der Waals surface area contributed by atoms with Crippen LogP contribution >= 0.6 is 0 Å². The maximum atomic E-state index is 14.2. The van der Waals surface area contributed by atoms with Crippen LogP contribution in [0.25, 0.3) is 0 Å². The van der Waals surface area contributed by atoms with Crippen LogP contribution < -0.4 is 0 Å². The lowest BCUT2D eigenvalue weighted by atomic mass is 9.78. The highest BCUT2D eigenvalue weighted by molar-refractivity contribution is 5.28. The van der Waals surface area contributed by atoms with E-state index in [9.17, 15) is 8.78 Å². The Labute approximate surface area is 155 Å². The molecule has 5 heteroatoms. The predicted molar refractivity (Wildman–Crippen MR) is 95.9 cm³/mol. The Bertz CT molecular complexity index is 554. The second-order valence-corrected chi connectivity index (χ2v) is 7.70. The van der Waals surface area contributed by atoms with Crippen LogP contribution in [0.1, 0.15) is 62.5 Å². The quantitative estimate of drug-likeness (QED) is 0.693. The van der Waals surface area contributed by atoms with Crippen LogP contribution in [-0.4, -0.2) is 26.6 Å². The zero-order valence-corrected chi connectivity index (χ0v) is 15.8. The van der Waals surface area contributed by atoms with Gasteiger partial charge in [0.2, 0.25) is 0 Å². The molecule has 0 aromatic heterocycles. The lowest BCUT2D eigenvalue weighted by molar-refractivity contribution is -0.229. The molecule has 1 heterocycles. The van der Waals surface area contributed by atoms with Crippen LogP contribution in [0.2, 0.25) is 0 Å². The molecule has 0 unspecified atom stereocenters. The summed E-state index contributed by atoms with van der Waals surface area (Å²) in [6.07, 6.45) is 5.96. The summed E-state index contributed by atoms with van der Waals surface area (Å²) in [6.45, 7) is 3.71. The van der Waals surface area contributed by atoms with Crippen molar-refractivity contribution in [1.82, 2.24) is 0 Å². The van der Waals surface area contributed by atoms with E-state index in [1.165, 1.54) is 19.2 Å². The molecule has 0 amide bonds. The van der Waals surface area contributed by atoms with E-state index in [4.69, 9.17) is 14.2 Å². The first-order valence-electron chi connectivity index (χ1n) is 9.82. The number of ether oxygens (including phenoxy) is 3. The first-order valence-corrected chi connectivity index (χ1v) is 9.82. The fourth-order valence-electron chi connectivity index (χ4n) is 4.27. The first kappa shape index (κ1) is 19.7. The minimum atomic E-state index is -0.509. The molecule has 0 atom stereocenters. The molecular weight excluding hydrogens is 338 g/mol. The third kappa shape index (κ3) is 4.62. The van der Waals surface area contributed by atoms with Crippen molar-refractivity contribution in [3.8, 4) is 0 Å². The van der Waals surface area contributed by atoms with E-state index in [1.54, 1.807) is 0 Å². The molecule has 1 aromatic rings. The zero-order valence-electron chi connectivity index (χ0n) is 15.8. The maximum Gasteiger partial charge on any atom is 0.160 e. The summed E-state index contributed by atoms with van der Waals surface area (Å²) in [7, 11) is 1.44. The minimum Gasteiger partial charge on any atom is -0.380 e. The first-order chi connectivity index (χ1) is 12.6. The highest BCUT2D eigenvalue weighted by Crippen LogP contribution is 2.39. The van der Waals surface area contributed by atoms with Gasteiger partial charge in [0.15, 0.2) is 6.29 Å². The second kappa shape index (κ2) is 9.25. The standard InChI is InChI=1S/C21H30F2O3/c1-3-4-14-11-25-21(26-12-14)16-7-5-15(6-8-16)17-9-19(22)18(13-24-2)20(23)10-17/h9-10,14-16,21H,3-8,11-13H2,1-2H3. The SMILES string of the molecule is CCCC1COC(C2CCC(c3cc(F)c(COC)c(F)c3)CC2)OC1. The minimum absolute atomic E-state index is 0.00979. The van der Waals surface area contributed by atoms with Crippen LogP contribution in [0.4, 0.5) is 8.78 Å². The van der Waals surface area contributed by atoms with Crippen molar-refractivity contribution in [3.05, 3.63) is 34.9 Å². The van der Waals surface area contributed by atoms with Crippen molar-refractivity contribution in [2.45, 2.75) is 64.3 Å². The van der Waals surface area contributed by atoms with Crippen molar-refractivity contribution in [1.29, 1.82) is 0 Å². The zero-order chi connectivity index (χ0) is 18.5. The molecule has 3 nitrogen and oxygen atoms in total. The van der Waals surface area contributed by atoms with Gasteiger partial charge in [-0.15, -0.1) is 0 Å². The molecule has 26 heavy (non-hydrogen) atoms. The molecular formula is C21H30F2O3. The number of rotatable bonds is 6. The van der Waals surface area contributed by atoms with Crippen molar-refractivity contribution < 1.29 is 23.0 Å². The smallest absolute Gasteiger partial charge is 0.160 e. The van der Waals surface area contributed by atoms with Crippen LogP contribution in [-0.2, 0) is 20.8 Å². The Hall–Kier alpha value is -1.04. The lowest BCUT2D eigenvalue weighted by Gasteiger charge is -2.37. The summed E-state index contributed by atoms with van der Waals surface area (Å²) in [5.41, 5.74) is 0.766. The fraction of sp³-hybridized carbons (Fsp3) is 0.714. The summed E-state index contributed by atoms with van der Waals surface area (Å²) >= 11 is 0. The molecule has 2 fully saturated rings. The van der Waals surface area contributed by atoms with Gasteiger partial charge in [0.1, 0.15) is 11.6 Å². The van der Waals surface area contributed by atoms with E-state index in [0.29, 0.717) is 11.8 Å². The van der Waals surface area contributed by atoms with Gasteiger partial charge in [0.25, 0.3) is 0 Å². The molecule has 1 saturated carbocycles. The van der Waals surface area contributed by atoms with Crippen LogP contribution in [0, 0.1) is 23.5 Å². The fourth-order valence-corrected chi connectivity index (χ4v) is 4.27. The van der Waals surface area contributed by atoms with Gasteiger partial charge in [-0.1, -0.05) is 13.3 Å². The van der Waals surface area contributed by atoms with E-state index >= 15 is 0 Å². The predicted octanol–water partition coefficient (Wildman–Crippen LogP) is 5.17. The van der Waals surface area contributed by atoms with E-state index in [0.717, 1.165) is 57.3 Å². The number of methoxy groups -OCH3 is 1. The molecule has 1 aliphatic heterocycles. The molecule has 1 aromatic carbocycles. The van der Waals surface area contributed by atoms with Gasteiger partial charge in [-0.05, 0) is 55.7 Å². The number of hydrogen-bond acceptors (Lipinski definition) is 3. The molecule has 146 valence electrons. The summed E-state index contributed by atoms with van der Waals surface area (Å²) in [5, 5.41) is 0. The van der Waals surface area contributed by atoms with Crippen LogP contribution in [0.3, 0.4) is 0 Å². The van der Waals surface area contributed by atoms with Gasteiger partial charge in [0.05, 0.1) is 19.8 Å². The molecule has 3 rings (SSSR count). The van der Waals surface area contributed by atoms with Gasteiger partial charge in [0, 0.05) is 24.5 Å². The summed E-state index contributed by atoms with van der Waals surface area (Å²) < 4.78 is 45.1. The summed E-state index contributed by atoms with van der Waals surface area (Å²) in [5.74, 6) is 0.0819. The molecule has 2 aliphatic rings. The summed E-state index contributed by atoms with van der Waals surface area (Å²) in [6, 6.07) is 2.96. The normalized spacial score (nSPS) is 29.7. The Balaban J connectivity index is 1.54. The molecule has 0 bridgehead atoms. The maximum absolute atomic E-state index is 14.2. The molecule has 1 aliphatic carbocycles. The number of hydrogen-bond donors (Lipinski definition) is 0. The topological polar surface area (TPSA) is 27.7 Å². The van der Waals surface area contributed by atoms with Gasteiger partial charge in [-0.25, -0.2) is 8.78 Å². The third-order valence-electron chi connectivity index (χ3n) is 5.77. The molecule has 0 spiro atoms. The number of halogens is 2. The Morgan fingerprint density at radius 1 is 1.04 bits per heavy atom. The van der Waals surface area contributed by atoms with Gasteiger partial charge in [-0.2, -0.15) is 0 Å². The van der Waals surface area contributed by atoms with Gasteiger partial charge < -0.3 is 14.2 Å². The van der Waals surface area contributed by atoms with E-state index in [2.05, 4.69) is 6.92 Å². The van der Waals surface area contributed by atoms with Crippen molar-refractivity contribution in [3.63, 3.8) is 0 Å². The number of benzene rings is 1. The average molecular weight is 368 g/mol. The highest BCUT2D eigenvalue weighted by Gasteiger charge is 2.33. The molecule has 1 saturated heterocycles. The van der Waals surface area contributed by atoms with Crippen molar-refractivity contribution in [2.24, 2.45) is 11.8 Å². The van der Waals surface area contributed by atoms with Gasteiger partial charge in [-0.3, -0.25) is 0 Å². The van der Waals surface area contributed by atoms with Crippen LogP contribution in [0.15, 0.2) is 12.1 Å². The van der Waals surface area contributed by atoms with E-state index in [-0.39, 0.29) is 24.4 Å². The van der Waals surface area contributed by atoms with E-state index in [1.807, 2.05) is 0 Å². The third-order valence-corrected chi connectivity index (χ3v) is 5.77. The monoisotopic (exact) mass is 368 g/mol. The van der Waals surface area contributed by atoms with Crippen LogP contribution in [0.5, 0.6) is 0 Å². The Morgan fingerprint density at radius 2 is 1.65 bits per heavy atom. The Morgan fingerprint density at radius 3 is 2.19 bits per heavy atom. The Kier molecular flexibility index (Phi) is 7.01. The van der Waals surface area contributed by atoms with Crippen molar-refractivity contribution >= 4 is 0 Å². The van der Waals surface area contributed by atoms with Crippen molar-refractivity contribution in [2.75, 3.05) is 20.3 Å². The largest absolute Gasteiger partial charge is 0.380 e. The highest BCUT2D eigenvalue weighted by atomic mass is 19.1. The summed E-state index contributed by atoms with van der Waals surface area (Å²) in [4.78, 5) is 0.